The van der Waals surface area contributed by atoms with E-state index in [1.54, 1.807) is 13.8 Å². The van der Waals surface area contributed by atoms with Gasteiger partial charge in [0, 0.05) is 19.5 Å². The third-order valence-electron chi connectivity index (χ3n) is 2.98. The molecule has 0 unspecified atom stereocenters. The summed E-state index contributed by atoms with van der Waals surface area (Å²) < 4.78 is 0. The highest BCUT2D eigenvalue weighted by Gasteiger charge is 2.36. The second kappa shape index (κ2) is 8.34. The summed E-state index contributed by atoms with van der Waals surface area (Å²) >= 11 is 0. The molecule has 0 spiro atoms. The first-order valence-electron chi connectivity index (χ1n) is 6.48. The van der Waals surface area contributed by atoms with E-state index < -0.39 is 17.5 Å². The van der Waals surface area contributed by atoms with E-state index in [2.05, 4.69) is 16.0 Å². The molecule has 0 rings (SSSR count). The normalized spacial score (nSPS) is 10.7. The van der Waals surface area contributed by atoms with Crippen molar-refractivity contribution in [1.29, 1.82) is 0 Å². The van der Waals surface area contributed by atoms with E-state index >= 15 is 0 Å². The number of nitrogens with one attached hydrogen (secondary N) is 3. The fourth-order valence-electron chi connectivity index (χ4n) is 1.62. The second-order valence-electron chi connectivity index (χ2n) is 4.18. The molecule has 0 aromatic rings. The van der Waals surface area contributed by atoms with Crippen LogP contribution in [0.2, 0.25) is 0 Å². The minimum absolute atomic E-state index is 0.154. The number of carbonyl (C=O) groups excluding carboxylic acids is 2. The maximum absolute atomic E-state index is 11.6. The molecule has 0 aromatic heterocycles. The van der Waals surface area contributed by atoms with Crippen LogP contribution in [0, 0.1) is 0 Å². The van der Waals surface area contributed by atoms with Crippen LogP contribution in [-0.2, 0) is 9.59 Å². The number of hydrogen-bond donors (Lipinski definition) is 4. The Morgan fingerprint density at radius 1 is 1.05 bits per heavy atom. The Morgan fingerprint density at radius 2 is 1.63 bits per heavy atom. The van der Waals surface area contributed by atoms with Crippen LogP contribution in [0.5, 0.6) is 0 Å². The molecule has 110 valence electrons. The highest BCUT2D eigenvalue weighted by molar-refractivity contribution is 5.86. The molecule has 0 saturated heterocycles. The minimum Gasteiger partial charge on any atom is -0.480 e. The molecule has 7 nitrogen and oxygen atoms in total. The van der Waals surface area contributed by atoms with Crippen LogP contribution in [0.15, 0.2) is 0 Å². The Kier molecular flexibility index (Phi) is 7.55. The maximum Gasteiger partial charge on any atom is 0.329 e. The van der Waals surface area contributed by atoms with Crippen molar-refractivity contribution < 1.29 is 19.5 Å². The zero-order valence-corrected chi connectivity index (χ0v) is 11.7. The molecule has 0 saturated carbocycles. The third-order valence-corrected chi connectivity index (χ3v) is 2.98. The smallest absolute Gasteiger partial charge is 0.329 e. The van der Waals surface area contributed by atoms with Gasteiger partial charge in [0.05, 0.1) is 0 Å². The maximum atomic E-state index is 11.6. The topological polar surface area (TPSA) is 108 Å². The molecule has 0 aliphatic rings. The lowest BCUT2D eigenvalue weighted by Crippen LogP contribution is -2.56. The molecule has 0 aromatic carbocycles. The van der Waals surface area contributed by atoms with Crippen molar-refractivity contribution >= 4 is 17.9 Å². The summed E-state index contributed by atoms with van der Waals surface area (Å²) in [4.78, 5) is 33.9. The molecule has 0 aliphatic carbocycles. The SMILES string of the molecule is CCNC(=O)CCNC(=O)NC(CC)(CC)C(=O)O. The van der Waals surface area contributed by atoms with Crippen LogP contribution in [0.25, 0.3) is 0 Å². The Labute approximate surface area is 113 Å². The highest BCUT2D eigenvalue weighted by Crippen LogP contribution is 2.14. The van der Waals surface area contributed by atoms with E-state index in [1.165, 1.54) is 0 Å². The summed E-state index contributed by atoms with van der Waals surface area (Å²) in [5.41, 5.74) is -1.25. The number of carboxylic acid groups (broad SMARTS) is 1. The lowest BCUT2D eigenvalue weighted by Gasteiger charge is -2.28. The zero-order chi connectivity index (χ0) is 14.9. The third kappa shape index (κ3) is 5.58. The van der Waals surface area contributed by atoms with Crippen LogP contribution >= 0.6 is 0 Å². The summed E-state index contributed by atoms with van der Waals surface area (Å²) in [5, 5.41) is 16.7. The molecular formula is C12H23N3O4. The quantitative estimate of drug-likeness (QED) is 0.515. The van der Waals surface area contributed by atoms with Gasteiger partial charge in [-0.05, 0) is 19.8 Å². The lowest BCUT2D eigenvalue weighted by molar-refractivity contribution is -0.144. The second-order valence-corrected chi connectivity index (χ2v) is 4.18. The Hall–Kier alpha value is -1.79. The standard InChI is InChI=1S/C12H23N3O4/c1-4-12(5-2,10(17)18)15-11(19)14-8-7-9(16)13-6-3/h4-8H2,1-3H3,(H,13,16)(H,17,18)(H2,14,15,19). The van der Waals surface area contributed by atoms with Crippen molar-refractivity contribution in [1.82, 2.24) is 16.0 Å². The van der Waals surface area contributed by atoms with E-state index in [4.69, 9.17) is 5.11 Å². The van der Waals surface area contributed by atoms with Gasteiger partial charge in [0.25, 0.3) is 0 Å². The zero-order valence-electron chi connectivity index (χ0n) is 11.7. The van der Waals surface area contributed by atoms with E-state index in [0.717, 1.165) is 0 Å². The molecule has 0 aliphatic heterocycles. The van der Waals surface area contributed by atoms with E-state index in [-0.39, 0.29) is 18.9 Å². The number of hydrogen-bond acceptors (Lipinski definition) is 3. The molecular weight excluding hydrogens is 250 g/mol. The summed E-state index contributed by atoms with van der Waals surface area (Å²) in [6.07, 6.45) is 0.755. The lowest BCUT2D eigenvalue weighted by atomic mass is 9.93. The van der Waals surface area contributed by atoms with Crippen molar-refractivity contribution in [2.24, 2.45) is 0 Å². The predicted octanol–water partition coefficient (Wildman–Crippen LogP) is 0.455. The van der Waals surface area contributed by atoms with Crippen molar-refractivity contribution in [2.75, 3.05) is 13.1 Å². The van der Waals surface area contributed by atoms with Gasteiger partial charge in [-0.25, -0.2) is 9.59 Å². The molecule has 19 heavy (non-hydrogen) atoms. The fraction of sp³-hybridized carbons (Fsp3) is 0.750. The number of carboxylic acids is 1. The first-order chi connectivity index (χ1) is 8.91. The number of rotatable bonds is 8. The number of aliphatic carboxylic acids is 1. The molecule has 7 heteroatoms. The average Bonchev–Trinajstić information content (AvgIpc) is 2.36. The van der Waals surface area contributed by atoms with Gasteiger partial charge in [0.1, 0.15) is 5.54 Å². The molecule has 4 N–H and O–H groups in total. The summed E-state index contributed by atoms with van der Waals surface area (Å²) in [5.74, 6) is -1.21. The van der Waals surface area contributed by atoms with Crippen molar-refractivity contribution in [3.63, 3.8) is 0 Å². The summed E-state index contributed by atoms with van der Waals surface area (Å²) in [6, 6.07) is -0.574. The first kappa shape index (κ1) is 17.2. The summed E-state index contributed by atoms with van der Waals surface area (Å²) in [7, 11) is 0. The van der Waals surface area contributed by atoms with Gasteiger partial charge in [-0.3, -0.25) is 4.79 Å². The van der Waals surface area contributed by atoms with Gasteiger partial charge in [0.15, 0.2) is 0 Å². The van der Waals surface area contributed by atoms with Gasteiger partial charge >= 0.3 is 12.0 Å². The number of amides is 3. The predicted molar refractivity (Wildman–Crippen MR) is 70.8 cm³/mol. The van der Waals surface area contributed by atoms with E-state index in [9.17, 15) is 14.4 Å². The van der Waals surface area contributed by atoms with Crippen molar-refractivity contribution in [3.8, 4) is 0 Å². The van der Waals surface area contributed by atoms with Gasteiger partial charge in [0.2, 0.25) is 5.91 Å². The van der Waals surface area contributed by atoms with Crippen LogP contribution in [0.4, 0.5) is 4.79 Å². The molecule has 0 heterocycles. The molecule has 0 radical (unpaired) electrons. The van der Waals surface area contributed by atoms with Gasteiger partial charge in [-0.1, -0.05) is 13.8 Å². The van der Waals surface area contributed by atoms with Gasteiger partial charge in [-0.15, -0.1) is 0 Å². The Balaban J connectivity index is 4.22. The minimum atomic E-state index is -1.25. The van der Waals surface area contributed by atoms with E-state index in [1.807, 2.05) is 6.92 Å². The molecule has 0 bridgehead atoms. The Morgan fingerprint density at radius 3 is 2.05 bits per heavy atom. The summed E-state index contributed by atoms with van der Waals surface area (Å²) in [6.45, 7) is 5.92. The largest absolute Gasteiger partial charge is 0.480 e. The molecule has 3 amide bonds. The number of carbonyl (C=O) groups is 3. The number of urea groups is 1. The van der Waals surface area contributed by atoms with Gasteiger partial charge < -0.3 is 21.1 Å². The van der Waals surface area contributed by atoms with Crippen molar-refractivity contribution in [2.45, 2.75) is 45.6 Å². The van der Waals surface area contributed by atoms with Gasteiger partial charge in [-0.2, -0.15) is 0 Å². The molecule has 0 atom stereocenters. The van der Waals surface area contributed by atoms with Crippen LogP contribution in [-0.4, -0.2) is 41.6 Å². The van der Waals surface area contributed by atoms with Crippen molar-refractivity contribution in [3.05, 3.63) is 0 Å². The van der Waals surface area contributed by atoms with E-state index in [0.29, 0.717) is 19.4 Å². The highest BCUT2D eigenvalue weighted by atomic mass is 16.4. The average molecular weight is 273 g/mol. The van der Waals surface area contributed by atoms with Crippen LogP contribution in [0.1, 0.15) is 40.0 Å². The fourth-order valence-corrected chi connectivity index (χ4v) is 1.62. The van der Waals surface area contributed by atoms with Crippen LogP contribution in [0.3, 0.4) is 0 Å². The van der Waals surface area contributed by atoms with Crippen LogP contribution < -0.4 is 16.0 Å². The Bertz CT molecular complexity index is 327. The first-order valence-corrected chi connectivity index (χ1v) is 6.48. The monoisotopic (exact) mass is 273 g/mol. The molecule has 0 fully saturated rings.